The molecule has 0 spiro atoms. The largest absolute Gasteiger partial charge is 0.295 e. The number of hydrogen-bond acceptors (Lipinski definition) is 4. The van der Waals surface area contributed by atoms with Gasteiger partial charge in [-0.3, -0.25) is 9.91 Å². The van der Waals surface area contributed by atoms with Gasteiger partial charge in [0.05, 0.1) is 6.21 Å². The number of rotatable bonds is 4. The van der Waals surface area contributed by atoms with Crippen molar-refractivity contribution in [2.75, 3.05) is 26.2 Å². The van der Waals surface area contributed by atoms with Crippen molar-refractivity contribution in [1.29, 1.82) is 0 Å². The highest BCUT2D eigenvalue weighted by Gasteiger charge is 2.15. The zero-order valence-corrected chi connectivity index (χ0v) is 14.3. The van der Waals surface area contributed by atoms with E-state index >= 15 is 0 Å². The number of hydrogen-bond donors (Lipinski definition) is 0. The van der Waals surface area contributed by atoms with Gasteiger partial charge in [-0.05, 0) is 36.8 Å². The van der Waals surface area contributed by atoms with Crippen LogP contribution in [-0.4, -0.2) is 42.3 Å². The third-order valence-corrected chi connectivity index (χ3v) is 4.96. The maximum atomic E-state index is 5.93. The Morgan fingerprint density at radius 1 is 1.09 bits per heavy atom. The molecule has 1 aliphatic heterocycles. The van der Waals surface area contributed by atoms with Crippen LogP contribution in [0.3, 0.4) is 0 Å². The van der Waals surface area contributed by atoms with Crippen LogP contribution in [0.25, 0.3) is 0 Å². The predicted octanol–water partition coefficient (Wildman–Crippen LogP) is 3.86. The summed E-state index contributed by atoms with van der Waals surface area (Å²) < 4.78 is 0. The smallest absolute Gasteiger partial charge is 0.0642 e. The molecule has 0 saturated carbocycles. The van der Waals surface area contributed by atoms with Crippen molar-refractivity contribution in [2.24, 2.45) is 5.10 Å². The summed E-state index contributed by atoms with van der Waals surface area (Å²) in [6.07, 6.45) is 1.98. The minimum Gasteiger partial charge on any atom is -0.295 e. The Morgan fingerprint density at radius 3 is 2.45 bits per heavy atom. The van der Waals surface area contributed by atoms with Crippen molar-refractivity contribution in [3.8, 4) is 0 Å². The second-order valence-corrected chi connectivity index (χ2v) is 7.31. The minimum atomic E-state index is 0.798. The van der Waals surface area contributed by atoms with Gasteiger partial charge in [0, 0.05) is 47.5 Å². The van der Waals surface area contributed by atoms with Gasteiger partial charge in [-0.1, -0.05) is 23.7 Å². The zero-order chi connectivity index (χ0) is 15.4. The molecule has 22 heavy (non-hydrogen) atoms. The number of piperazine rings is 1. The molecule has 3 rings (SSSR count). The summed E-state index contributed by atoms with van der Waals surface area (Å²) in [5, 5.41) is 7.55. The van der Waals surface area contributed by atoms with Crippen LogP contribution in [0.15, 0.2) is 41.5 Å². The number of benzene rings is 1. The van der Waals surface area contributed by atoms with Crippen LogP contribution in [0.2, 0.25) is 5.02 Å². The van der Waals surface area contributed by atoms with Crippen molar-refractivity contribution in [3.05, 3.63) is 56.7 Å². The van der Waals surface area contributed by atoms with E-state index in [0.717, 1.165) is 37.7 Å². The highest BCUT2D eigenvalue weighted by Crippen LogP contribution is 2.14. The van der Waals surface area contributed by atoms with Gasteiger partial charge in [-0.2, -0.15) is 5.10 Å². The Hall–Kier alpha value is -1.36. The fraction of sp³-hybridized carbons (Fsp3) is 0.353. The molecule has 116 valence electrons. The second kappa shape index (κ2) is 7.27. The van der Waals surface area contributed by atoms with Crippen molar-refractivity contribution in [2.45, 2.75) is 13.5 Å². The molecule has 0 N–H and O–H groups in total. The molecule has 2 heterocycles. The lowest BCUT2D eigenvalue weighted by molar-refractivity contribution is 0.131. The van der Waals surface area contributed by atoms with Crippen molar-refractivity contribution < 1.29 is 0 Å². The first-order valence-electron chi connectivity index (χ1n) is 7.51. The first-order valence-corrected chi connectivity index (χ1v) is 8.71. The van der Waals surface area contributed by atoms with Gasteiger partial charge in [0.25, 0.3) is 0 Å². The number of nitrogens with zero attached hydrogens (tertiary/aromatic N) is 3. The molecule has 0 aliphatic carbocycles. The molecule has 1 aromatic heterocycles. The van der Waals surface area contributed by atoms with Crippen LogP contribution in [0.5, 0.6) is 0 Å². The van der Waals surface area contributed by atoms with E-state index in [9.17, 15) is 0 Å². The molecule has 0 unspecified atom stereocenters. The topological polar surface area (TPSA) is 18.8 Å². The molecule has 2 aromatic rings. The van der Waals surface area contributed by atoms with E-state index in [-0.39, 0.29) is 0 Å². The maximum Gasteiger partial charge on any atom is 0.0642 e. The van der Waals surface area contributed by atoms with Crippen LogP contribution in [0.4, 0.5) is 0 Å². The first-order chi connectivity index (χ1) is 10.7. The molecule has 0 radical (unpaired) electrons. The molecule has 0 bridgehead atoms. The molecule has 0 amide bonds. The van der Waals surface area contributed by atoms with Crippen molar-refractivity contribution in [3.63, 3.8) is 0 Å². The summed E-state index contributed by atoms with van der Waals surface area (Å²) in [6.45, 7) is 7.16. The summed E-state index contributed by atoms with van der Waals surface area (Å²) >= 11 is 7.71. The molecule has 1 aromatic carbocycles. The van der Waals surface area contributed by atoms with Crippen molar-refractivity contribution >= 4 is 29.2 Å². The number of hydrazone groups is 1. The third kappa shape index (κ3) is 4.32. The van der Waals surface area contributed by atoms with Crippen molar-refractivity contribution in [1.82, 2.24) is 9.91 Å². The lowest BCUT2D eigenvalue weighted by Crippen LogP contribution is -2.43. The first kappa shape index (κ1) is 15.5. The van der Waals surface area contributed by atoms with E-state index in [4.69, 9.17) is 11.6 Å². The van der Waals surface area contributed by atoms with Gasteiger partial charge in [-0.15, -0.1) is 11.3 Å². The van der Waals surface area contributed by atoms with E-state index in [2.05, 4.69) is 46.2 Å². The van der Waals surface area contributed by atoms with Crippen LogP contribution in [-0.2, 0) is 6.54 Å². The van der Waals surface area contributed by atoms with Crippen LogP contribution >= 0.6 is 22.9 Å². The average molecular weight is 334 g/mol. The Kier molecular flexibility index (Phi) is 5.13. The van der Waals surface area contributed by atoms with E-state index in [1.54, 1.807) is 11.3 Å². The van der Waals surface area contributed by atoms with E-state index in [0.29, 0.717) is 0 Å². The summed E-state index contributed by atoms with van der Waals surface area (Å²) in [7, 11) is 0. The fourth-order valence-corrected chi connectivity index (χ4v) is 3.39. The third-order valence-electron chi connectivity index (χ3n) is 3.78. The van der Waals surface area contributed by atoms with Gasteiger partial charge >= 0.3 is 0 Å². The Bertz CT molecular complexity index is 628. The van der Waals surface area contributed by atoms with E-state index in [1.807, 2.05) is 18.3 Å². The van der Waals surface area contributed by atoms with Gasteiger partial charge in [0.15, 0.2) is 0 Å². The van der Waals surface area contributed by atoms with E-state index in [1.165, 1.54) is 15.3 Å². The molecular weight excluding hydrogens is 314 g/mol. The number of thiophene rings is 1. The molecule has 5 heteroatoms. The average Bonchev–Trinajstić information content (AvgIpc) is 2.94. The SMILES string of the molecule is Cc1ccc(/C=N/N2CCN(Cc3ccc(Cl)cc3)CC2)s1. The fourth-order valence-electron chi connectivity index (χ4n) is 2.52. The predicted molar refractivity (Wildman–Crippen MR) is 95.0 cm³/mol. The quantitative estimate of drug-likeness (QED) is 0.791. The second-order valence-electron chi connectivity index (χ2n) is 5.55. The summed E-state index contributed by atoms with van der Waals surface area (Å²) in [5.41, 5.74) is 1.32. The summed E-state index contributed by atoms with van der Waals surface area (Å²) in [5.74, 6) is 0. The van der Waals surface area contributed by atoms with Gasteiger partial charge in [0.2, 0.25) is 0 Å². The molecule has 0 atom stereocenters. The molecule has 1 fully saturated rings. The Labute approximate surface area is 140 Å². The molecule has 1 aliphatic rings. The number of aryl methyl sites for hydroxylation is 1. The normalized spacial score (nSPS) is 16.5. The Morgan fingerprint density at radius 2 is 1.82 bits per heavy atom. The minimum absolute atomic E-state index is 0.798. The maximum absolute atomic E-state index is 5.93. The summed E-state index contributed by atoms with van der Waals surface area (Å²) in [4.78, 5) is 5.01. The molecular formula is C17H20ClN3S. The van der Waals surface area contributed by atoms with Gasteiger partial charge in [-0.25, -0.2) is 0 Å². The molecule has 1 saturated heterocycles. The number of halogens is 1. The van der Waals surface area contributed by atoms with Crippen LogP contribution in [0.1, 0.15) is 15.3 Å². The Balaban J connectivity index is 1.48. The van der Waals surface area contributed by atoms with E-state index < -0.39 is 0 Å². The van der Waals surface area contributed by atoms with Crippen LogP contribution < -0.4 is 0 Å². The lowest BCUT2D eigenvalue weighted by Gasteiger charge is -2.33. The highest BCUT2D eigenvalue weighted by molar-refractivity contribution is 7.13. The monoisotopic (exact) mass is 333 g/mol. The van der Waals surface area contributed by atoms with Crippen LogP contribution in [0, 0.1) is 6.92 Å². The van der Waals surface area contributed by atoms with Gasteiger partial charge < -0.3 is 0 Å². The zero-order valence-electron chi connectivity index (χ0n) is 12.7. The highest BCUT2D eigenvalue weighted by atomic mass is 35.5. The molecule has 3 nitrogen and oxygen atoms in total. The lowest BCUT2D eigenvalue weighted by atomic mass is 10.2. The van der Waals surface area contributed by atoms with Gasteiger partial charge in [0.1, 0.15) is 0 Å². The standard InChI is InChI=1S/C17H20ClN3S/c1-14-2-7-17(22-14)12-19-21-10-8-20(9-11-21)13-15-3-5-16(18)6-4-15/h2-7,12H,8-11,13H2,1H3/b19-12+. The summed E-state index contributed by atoms with van der Waals surface area (Å²) in [6, 6.07) is 12.4.